The molecule has 1 aromatic carbocycles. The molecule has 0 aliphatic carbocycles. The Balaban J connectivity index is 1.96. The Hall–Kier alpha value is -1.40. The summed E-state index contributed by atoms with van der Waals surface area (Å²) in [7, 11) is 3.54. The van der Waals surface area contributed by atoms with Gasteiger partial charge >= 0.3 is 0 Å². The molecule has 2 rings (SSSR count). The maximum Gasteiger partial charge on any atom is 0.191 e. The van der Waals surface area contributed by atoms with Gasteiger partial charge in [0.2, 0.25) is 0 Å². The van der Waals surface area contributed by atoms with Crippen LogP contribution in [0.25, 0.3) is 0 Å². The molecule has 0 saturated carbocycles. The van der Waals surface area contributed by atoms with Crippen LogP contribution < -0.4 is 15.4 Å². The second-order valence-corrected chi connectivity index (χ2v) is 7.66. The normalized spacial score (nSPS) is 17.0. The first-order valence-electron chi connectivity index (χ1n) is 9.40. The van der Waals surface area contributed by atoms with Crippen LogP contribution in [0.1, 0.15) is 31.2 Å². The molecule has 0 amide bonds. The zero-order valence-corrected chi connectivity index (χ0v) is 17.2. The van der Waals surface area contributed by atoms with Crippen molar-refractivity contribution in [1.82, 2.24) is 10.6 Å². The molecule has 146 valence electrons. The van der Waals surface area contributed by atoms with E-state index in [9.17, 15) is 0 Å². The molecule has 1 aromatic rings. The highest BCUT2D eigenvalue weighted by Gasteiger charge is 2.34. The summed E-state index contributed by atoms with van der Waals surface area (Å²) in [6, 6.07) is 8.46. The topological polar surface area (TPSA) is 54.9 Å². The smallest absolute Gasteiger partial charge is 0.191 e. The van der Waals surface area contributed by atoms with E-state index in [0.717, 1.165) is 50.9 Å². The number of unbranched alkanes of at least 4 members (excludes halogenated alkanes) is 1. The highest BCUT2D eigenvalue weighted by atomic mass is 32.2. The van der Waals surface area contributed by atoms with Gasteiger partial charge in [-0.25, -0.2) is 0 Å². The van der Waals surface area contributed by atoms with Crippen LogP contribution in [0.4, 0.5) is 0 Å². The van der Waals surface area contributed by atoms with Gasteiger partial charge in [0.25, 0.3) is 0 Å². The minimum atomic E-state index is 0.0704. The molecule has 1 fully saturated rings. The lowest BCUT2D eigenvalue weighted by atomic mass is 9.74. The van der Waals surface area contributed by atoms with Gasteiger partial charge in [-0.05, 0) is 55.4 Å². The summed E-state index contributed by atoms with van der Waals surface area (Å²) in [4.78, 5) is 4.38. The quantitative estimate of drug-likeness (QED) is 0.392. The van der Waals surface area contributed by atoms with Crippen molar-refractivity contribution in [1.29, 1.82) is 0 Å². The second-order valence-electron chi connectivity index (χ2n) is 6.67. The van der Waals surface area contributed by atoms with Crippen molar-refractivity contribution < 1.29 is 9.47 Å². The SMILES string of the molecule is CN=C(NCCCCSC)NCC1(c2ccc(OC)cc2)CCOCC1. The summed E-state index contributed by atoms with van der Waals surface area (Å²) in [6.07, 6.45) is 6.58. The van der Waals surface area contributed by atoms with Crippen molar-refractivity contribution in [2.45, 2.75) is 31.1 Å². The van der Waals surface area contributed by atoms with E-state index in [2.05, 4.69) is 34.0 Å². The zero-order chi connectivity index (χ0) is 18.7. The summed E-state index contributed by atoms with van der Waals surface area (Å²) >= 11 is 1.90. The second kappa shape index (κ2) is 11.3. The Kier molecular flexibility index (Phi) is 9.12. The number of benzene rings is 1. The summed E-state index contributed by atoms with van der Waals surface area (Å²) in [5.41, 5.74) is 1.41. The number of guanidine groups is 1. The van der Waals surface area contributed by atoms with Crippen molar-refractivity contribution in [3.05, 3.63) is 29.8 Å². The van der Waals surface area contributed by atoms with Crippen LogP contribution in [-0.4, -0.2) is 58.4 Å². The lowest BCUT2D eigenvalue weighted by Gasteiger charge is -2.38. The molecular weight excluding hydrogens is 346 g/mol. The van der Waals surface area contributed by atoms with Crippen molar-refractivity contribution in [3.8, 4) is 5.75 Å². The Morgan fingerprint density at radius 1 is 1.19 bits per heavy atom. The number of hydrogen-bond donors (Lipinski definition) is 2. The monoisotopic (exact) mass is 379 g/mol. The van der Waals surface area contributed by atoms with E-state index in [-0.39, 0.29) is 5.41 Å². The van der Waals surface area contributed by atoms with Gasteiger partial charge in [0.1, 0.15) is 5.75 Å². The van der Waals surface area contributed by atoms with Crippen LogP contribution in [0.2, 0.25) is 0 Å². The number of hydrogen-bond acceptors (Lipinski definition) is 4. The molecule has 0 bridgehead atoms. The Bertz CT molecular complexity index is 542. The van der Waals surface area contributed by atoms with Crippen LogP contribution in [0, 0.1) is 0 Å². The van der Waals surface area contributed by atoms with Crippen LogP contribution in [0.15, 0.2) is 29.3 Å². The maximum absolute atomic E-state index is 5.63. The predicted molar refractivity (Wildman–Crippen MR) is 112 cm³/mol. The number of methoxy groups -OCH3 is 1. The molecule has 1 heterocycles. The van der Waals surface area contributed by atoms with E-state index >= 15 is 0 Å². The van der Waals surface area contributed by atoms with Crippen LogP contribution in [-0.2, 0) is 10.2 Å². The van der Waals surface area contributed by atoms with Gasteiger partial charge in [-0.1, -0.05) is 12.1 Å². The molecule has 0 unspecified atom stereocenters. The fourth-order valence-corrected chi connectivity index (χ4v) is 3.82. The van der Waals surface area contributed by atoms with Crippen molar-refractivity contribution in [2.24, 2.45) is 4.99 Å². The molecule has 26 heavy (non-hydrogen) atoms. The Morgan fingerprint density at radius 2 is 1.92 bits per heavy atom. The van der Waals surface area contributed by atoms with E-state index in [1.54, 1.807) is 7.11 Å². The number of aliphatic imine (C=N–C) groups is 1. The minimum Gasteiger partial charge on any atom is -0.497 e. The van der Waals surface area contributed by atoms with Crippen LogP contribution in [0.5, 0.6) is 5.75 Å². The average Bonchev–Trinajstić information content (AvgIpc) is 2.71. The number of nitrogens with one attached hydrogen (secondary N) is 2. The summed E-state index contributed by atoms with van der Waals surface area (Å²) in [5, 5.41) is 6.98. The Labute approximate surface area is 162 Å². The molecule has 0 atom stereocenters. The first-order chi connectivity index (χ1) is 12.7. The molecule has 0 aromatic heterocycles. The average molecular weight is 380 g/mol. The molecule has 0 spiro atoms. The molecule has 1 saturated heterocycles. The Morgan fingerprint density at radius 3 is 2.54 bits per heavy atom. The van der Waals surface area contributed by atoms with Gasteiger partial charge in [0.15, 0.2) is 5.96 Å². The van der Waals surface area contributed by atoms with Crippen LogP contribution >= 0.6 is 11.8 Å². The third-order valence-corrected chi connectivity index (χ3v) is 5.73. The van der Waals surface area contributed by atoms with Crippen molar-refractivity contribution >= 4 is 17.7 Å². The lowest BCUT2D eigenvalue weighted by molar-refractivity contribution is 0.0513. The van der Waals surface area contributed by atoms with Gasteiger partial charge in [0.05, 0.1) is 7.11 Å². The third kappa shape index (κ3) is 6.09. The molecule has 1 aliphatic rings. The fraction of sp³-hybridized carbons (Fsp3) is 0.650. The van der Waals surface area contributed by atoms with Gasteiger partial charge in [-0.2, -0.15) is 11.8 Å². The summed E-state index contributed by atoms with van der Waals surface area (Å²) in [5.74, 6) is 2.99. The first-order valence-corrected chi connectivity index (χ1v) is 10.8. The van der Waals surface area contributed by atoms with Crippen molar-refractivity contribution in [3.63, 3.8) is 0 Å². The van der Waals surface area contributed by atoms with E-state index < -0.39 is 0 Å². The third-order valence-electron chi connectivity index (χ3n) is 5.04. The molecule has 5 nitrogen and oxygen atoms in total. The highest BCUT2D eigenvalue weighted by molar-refractivity contribution is 7.98. The standard InChI is InChI=1S/C20H33N3O2S/c1-21-19(22-12-4-5-15-26-3)23-16-20(10-13-25-14-11-20)17-6-8-18(24-2)9-7-17/h6-9H,4-5,10-16H2,1-3H3,(H2,21,22,23). The van der Waals surface area contributed by atoms with E-state index in [0.29, 0.717) is 0 Å². The molecule has 6 heteroatoms. The number of thioether (sulfide) groups is 1. The van der Waals surface area contributed by atoms with Gasteiger partial charge < -0.3 is 20.1 Å². The maximum atomic E-state index is 5.63. The number of ether oxygens (including phenoxy) is 2. The number of nitrogens with zero attached hydrogens (tertiary/aromatic N) is 1. The van der Waals surface area contributed by atoms with E-state index in [4.69, 9.17) is 9.47 Å². The van der Waals surface area contributed by atoms with E-state index in [1.807, 2.05) is 30.9 Å². The lowest BCUT2D eigenvalue weighted by Crippen LogP contribution is -2.48. The molecule has 1 aliphatic heterocycles. The van der Waals surface area contributed by atoms with E-state index in [1.165, 1.54) is 24.2 Å². The largest absolute Gasteiger partial charge is 0.497 e. The minimum absolute atomic E-state index is 0.0704. The van der Waals surface area contributed by atoms with Gasteiger partial charge in [-0.15, -0.1) is 0 Å². The summed E-state index contributed by atoms with van der Waals surface area (Å²) in [6.45, 7) is 3.41. The zero-order valence-electron chi connectivity index (χ0n) is 16.3. The van der Waals surface area contributed by atoms with Crippen molar-refractivity contribution in [2.75, 3.05) is 52.5 Å². The molecule has 2 N–H and O–H groups in total. The number of rotatable bonds is 9. The fourth-order valence-electron chi connectivity index (χ4n) is 3.33. The van der Waals surface area contributed by atoms with Gasteiger partial charge in [-0.3, -0.25) is 4.99 Å². The summed E-state index contributed by atoms with van der Waals surface area (Å²) < 4.78 is 10.9. The first kappa shape index (κ1) is 20.9. The predicted octanol–water partition coefficient (Wildman–Crippen LogP) is 3.05. The van der Waals surface area contributed by atoms with Crippen LogP contribution in [0.3, 0.4) is 0 Å². The highest BCUT2D eigenvalue weighted by Crippen LogP contribution is 2.35. The van der Waals surface area contributed by atoms with Gasteiger partial charge in [0, 0.05) is 38.8 Å². The molecular formula is C20H33N3O2S. The molecule has 0 radical (unpaired) electrons.